The van der Waals surface area contributed by atoms with Gasteiger partial charge in [0.2, 0.25) is 5.91 Å². The first-order valence-electron chi connectivity index (χ1n) is 6.25. The Balaban J connectivity index is 2.69. The molecule has 0 saturated carbocycles. The van der Waals surface area contributed by atoms with Crippen molar-refractivity contribution in [2.45, 2.75) is 6.18 Å². The van der Waals surface area contributed by atoms with Gasteiger partial charge in [-0.2, -0.15) is 13.2 Å². The molecule has 1 rings (SSSR count). The third-order valence-corrected chi connectivity index (χ3v) is 2.83. The second-order valence-electron chi connectivity index (χ2n) is 4.59. The van der Waals surface area contributed by atoms with Gasteiger partial charge in [-0.05, 0) is 24.3 Å². The normalized spacial score (nSPS) is 11.7. The molecule has 8 heteroatoms. The molecular formula is C13H18F3N3O2. The Labute approximate surface area is 120 Å². The highest BCUT2D eigenvalue weighted by Crippen LogP contribution is 2.18. The lowest BCUT2D eigenvalue weighted by Gasteiger charge is -2.25. The van der Waals surface area contributed by atoms with E-state index in [-0.39, 0.29) is 6.54 Å². The van der Waals surface area contributed by atoms with E-state index in [2.05, 4.69) is 0 Å². The molecule has 1 aromatic carbocycles. The number of alkyl halides is 3. The molecule has 0 aliphatic heterocycles. The number of likely N-dealkylation sites (N-methyl/N-ethyl adjacent to an activating group) is 1. The summed E-state index contributed by atoms with van der Waals surface area (Å²) in [5, 5.41) is 8.78. The number of nitrogens with zero attached hydrogens (tertiary/aromatic N) is 2. The molecule has 0 aliphatic rings. The first-order valence-corrected chi connectivity index (χ1v) is 6.25. The number of carbonyl (C=O) groups excluding carboxylic acids is 1. The van der Waals surface area contributed by atoms with Crippen LogP contribution in [0.25, 0.3) is 0 Å². The lowest BCUT2D eigenvalue weighted by atomic mass is 10.2. The van der Waals surface area contributed by atoms with Crippen LogP contribution in [-0.2, 0) is 4.79 Å². The van der Waals surface area contributed by atoms with E-state index >= 15 is 0 Å². The maximum atomic E-state index is 12.4. The highest BCUT2D eigenvalue weighted by atomic mass is 19.4. The van der Waals surface area contributed by atoms with Gasteiger partial charge in [0.05, 0.1) is 19.7 Å². The minimum atomic E-state index is -4.42. The summed E-state index contributed by atoms with van der Waals surface area (Å²) in [6, 6.07) is 6.40. The Bertz CT molecular complexity index is 463. The zero-order valence-electron chi connectivity index (χ0n) is 11.6. The van der Waals surface area contributed by atoms with Crippen molar-refractivity contribution in [2.75, 3.05) is 43.9 Å². The fourth-order valence-corrected chi connectivity index (χ4v) is 1.75. The van der Waals surface area contributed by atoms with E-state index in [0.717, 1.165) is 4.90 Å². The topological polar surface area (TPSA) is 69.8 Å². The van der Waals surface area contributed by atoms with Crippen LogP contribution in [0.5, 0.6) is 0 Å². The average Bonchev–Trinajstić information content (AvgIpc) is 2.37. The lowest BCUT2D eigenvalue weighted by Crippen LogP contribution is -2.43. The number of anilines is 2. The number of hydrogen-bond acceptors (Lipinski definition) is 4. The molecule has 1 amide bonds. The second kappa shape index (κ2) is 7.28. The molecule has 21 heavy (non-hydrogen) atoms. The van der Waals surface area contributed by atoms with Crippen molar-refractivity contribution in [1.82, 2.24) is 4.90 Å². The second-order valence-corrected chi connectivity index (χ2v) is 4.59. The minimum absolute atomic E-state index is 0.221. The number of aliphatic hydroxyl groups is 1. The Hall–Kier alpha value is -1.80. The van der Waals surface area contributed by atoms with Crippen molar-refractivity contribution >= 4 is 17.3 Å². The van der Waals surface area contributed by atoms with Crippen molar-refractivity contribution in [3.63, 3.8) is 0 Å². The average molecular weight is 305 g/mol. The van der Waals surface area contributed by atoms with E-state index in [1.165, 1.54) is 11.9 Å². The Morgan fingerprint density at radius 3 is 2.33 bits per heavy atom. The summed E-state index contributed by atoms with van der Waals surface area (Å²) in [6.45, 7) is -2.34. The predicted molar refractivity (Wildman–Crippen MR) is 73.8 cm³/mol. The van der Waals surface area contributed by atoms with Gasteiger partial charge in [-0.3, -0.25) is 9.69 Å². The zero-order chi connectivity index (χ0) is 16.0. The van der Waals surface area contributed by atoms with Crippen LogP contribution in [-0.4, -0.2) is 55.4 Å². The maximum Gasteiger partial charge on any atom is 0.401 e. The SMILES string of the molecule is CN(C(=O)CN(CCO)CC(F)(F)F)c1ccc(N)cc1. The van der Waals surface area contributed by atoms with E-state index in [1.54, 1.807) is 24.3 Å². The van der Waals surface area contributed by atoms with Crippen LogP contribution < -0.4 is 10.6 Å². The standard InChI is InChI=1S/C13H18F3N3O2/c1-18(11-4-2-10(17)3-5-11)12(21)8-19(6-7-20)9-13(14,15)16/h2-5,20H,6-9,17H2,1H3. The number of carbonyl (C=O) groups is 1. The van der Waals surface area contributed by atoms with Crippen molar-refractivity contribution < 1.29 is 23.1 Å². The van der Waals surface area contributed by atoms with Crippen LogP contribution >= 0.6 is 0 Å². The fraction of sp³-hybridized carbons (Fsp3) is 0.462. The molecule has 0 heterocycles. The lowest BCUT2D eigenvalue weighted by molar-refractivity contribution is -0.149. The van der Waals surface area contributed by atoms with E-state index < -0.39 is 31.8 Å². The fourth-order valence-electron chi connectivity index (χ4n) is 1.75. The molecule has 0 bridgehead atoms. The van der Waals surface area contributed by atoms with Gasteiger partial charge >= 0.3 is 6.18 Å². The van der Waals surface area contributed by atoms with Gasteiger partial charge in [-0.1, -0.05) is 0 Å². The number of benzene rings is 1. The summed E-state index contributed by atoms with van der Waals surface area (Å²) in [5.41, 5.74) is 6.59. The Morgan fingerprint density at radius 1 is 1.29 bits per heavy atom. The molecular weight excluding hydrogens is 287 g/mol. The molecule has 0 fully saturated rings. The van der Waals surface area contributed by atoms with Gasteiger partial charge in [0.15, 0.2) is 0 Å². The smallest absolute Gasteiger partial charge is 0.399 e. The van der Waals surface area contributed by atoms with Crippen LogP contribution in [0.1, 0.15) is 0 Å². The summed E-state index contributed by atoms with van der Waals surface area (Å²) in [4.78, 5) is 14.1. The van der Waals surface area contributed by atoms with E-state index in [9.17, 15) is 18.0 Å². The quantitative estimate of drug-likeness (QED) is 0.772. The molecule has 0 radical (unpaired) electrons. The van der Waals surface area contributed by atoms with Gasteiger partial charge in [0.25, 0.3) is 0 Å². The van der Waals surface area contributed by atoms with Crippen LogP contribution in [0.2, 0.25) is 0 Å². The number of hydrogen-bond donors (Lipinski definition) is 2. The van der Waals surface area contributed by atoms with Gasteiger partial charge < -0.3 is 15.7 Å². The van der Waals surface area contributed by atoms with Crippen LogP contribution in [0.15, 0.2) is 24.3 Å². The number of nitrogens with two attached hydrogens (primary N) is 1. The number of aliphatic hydroxyl groups excluding tert-OH is 1. The number of rotatable bonds is 6. The highest BCUT2D eigenvalue weighted by Gasteiger charge is 2.31. The van der Waals surface area contributed by atoms with Gasteiger partial charge in [0.1, 0.15) is 0 Å². The largest absolute Gasteiger partial charge is 0.401 e. The molecule has 0 aromatic heterocycles. The number of amides is 1. The zero-order valence-corrected chi connectivity index (χ0v) is 11.6. The molecule has 0 saturated heterocycles. The molecule has 3 N–H and O–H groups in total. The first-order chi connectivity index (χ1) is 9.73. The van der Waals surface area contributed by atoms with Crippen molar-refractivity contribution in [1.29, 1.82) is 0 Å². The van der Waals surface area contributed by atoms with Gasteiger partial charge in [0, 0.05) is 25.0 Å². The summed E-state index contributed by atoms with van der Waals surface area (Å²) in [7, 11) is 1.47. The predicted octanol–water partition coefficient (Wildman–Crippen LogP) is 1.09. The maximum absolute atomic E-state index is 12.4. The Kier molecular flexibility index (Phi) is 5.98. The molecule has 1 aromatic rings. The van der Waals surface area contributed by atoms with Crippen LogP contribution in [0.3, 0.4) is 0 Å². The molecule has 0 unspecified atom stereocenters. The summed E-state index contributed by atoms with van der Waals surface area (Å²) >= 11 is 0. The number of halogens is 3. The molecule has 0 atom stereocenters. The molecule has 118 valence electrons. The van der Waals surface area contributed by atoms with E-state index in [0.29, 0.717) is 11.4 Å². The first kappa shape index (κ1) is 17.3. The van der Waals surface area contributed by atoms with E-state index in [1.807, 2.05) is 0 Å². The van der Waals surface area contributed by atoms with Crippen molar-refractivity contribution in [3.8, 4) is 0 Å². The molecule has 5 nitrogen and oxygen atoms in total. The van der Waals surface area contributed by atoms with Gasteiger partial charge in [-0.15, -0.1) is 0 Å². The van der Waals surface area contributed by atoms with Crippen LogP contribution in [0.4, 0.5) is 24.5 Å². The summed E-state index contributed by atoms with van der Waals surface area (Å²) < 4.78 is 37.2. The number of nitrogen functional groups attached to an aromatic ring is 1. The Morgan fingerprint density at radius 2 is 1.86 bits per heavy atom. The van der Waals surface area contributed by atoms with E-state index in [4.69, 9.17) is 10.8 Å². The van der Waals surface area contributed by atoms with Crippen molar-refractivity contribution in [3.05, 3.63) is 24.3 Å². The summed E-state index contributed by atoms with van der Waals surface area (Å²) in [5.74, 6) is -0.502. The molecule has 0 spiro atoms. The third kappa shape index (κ3) is 6.01. The van der Waals surface area contributed by atoms with Crippen molar-refractivity contribution in [2.24, 2.45) is 0 Å². The third-order valence-electron chi connectivity index (χ3n) is 2.83. The monoisotopic (exact) mass is 305 g/mol. The minimum Gasteiger partial charge on any atom is -0.399 e. The summed E-state index contributed by atoms with van der Waals surface area (Å²) in [6.07, 6.45) is -4.42. The molecule has 0 aliphatic carbocycles. The van der Waals surface area contributed by atoms with Crippen LogP contribution in [0, 0.1) is 0 Å². The van der Waals surface area contributed by atoms with Gasteiger partial charge in [-0.25, -0.2) is 0 Å². The highest BCUT2D eigenvalue weighted by molar-refractivity contribution is 5.94.